The lowest BCUT2D eigenvalue weighted by Crippen LogP contribution is -2.51. The van der Waals surface area contributed by atoms with Gasteiger partial charge in [0.25, 0.3) is 0 Å². The number of ether oxygens (including phenoxy) is 1. The summed E-state index contributed by atoms with van der Waals surface area (Å²) >= 11 is 0. The Bertz CT molecular complexity index is 521. The molecule has 8 nitrogen and oxygen atoms in total. The van der Waals surface area contributed by atoms with Gasteiger partial charge in [0.15, 0.2) is 5.96 Å². The summed E-state index contributed by atoms with van der Waals surface area (Å²) in [6.07, 6.45) is 0.652. The smallest absolute Gasteiger partial charge is 0.311 e. The summed E-state index contributed by atoms with van der Waals surface area (Å²) in [6.45, 7) is 9.02. The monoisotopic (exact) mass is 406 g/mol. The zero-order valence-corrected chi connectivity index (χ0v) is 17.7. The number of esters is 1. The second-order valence-electron chi connectivity index (χ2n) is 7.32. The number of guanidine groups is 1. The van der Waals surface area contributed by atoms with Crippen LogP contribution in [0.2, 0.25) is 0 Å². The zero-order valence-electron chi connectivity index (χ0n) is 16.8. The summed E-state index contributed by atoms with van der Waals surface area (Å²) in [5.74, 6) is -1.80. The highest BCUT2D eigenvalue weighted by Crippen LogP contribution is 2.40. The molecule has 1 amide bonds. The van der Waals surface area contributed by atoms with Gasteiger partial charge in [0.05, 0.1) is 24.2 Å². The zero-order chi connectivity index (χ0) is 20.0. The predicted octanol–water partition coefficient (Wildman–Crippen LogP) is 0.940. The lowest BCUT2D eigenvalue weighted by atomic mass is 9.80. The number of aliphatic hydroxyl groups excluding tert-OH is 1. The number of carbonyl (C=O) groups is 2. The Morgan fingerprint density at radius 3 is 2.22 bits per heavy atom. The number of rotatable bonds is 8. The molecule has 0 spiro atoms. The van der Waals surface area contributed by atoms with Gasteiger partial charge in [-0.3, -0.25) is 9.59 Å². The Morgan fingerprint density at radius 1 is 1.26 bits per heavy atom. The molecule has 0 aromatic heterocycles. The Hall–Kier alpha value is -1.54. The highest BCUT2D eigenvalue weighted by molar-refractivity contribution is 5.85. The van der Waals surface area contributed by atoms with Gasteiger partial charge in [0.1, 0.15) is 0 Å². The molecule has 9 heteroatoms. The summed E-state index contributed by atoms with van der Waals surface area (Å²) in [7, 11) is 0. The van der Waals surface area contributed by atoms with E-state index in [2.05, 4.69) is 10.3 Å². The van der Waals surface area contributed by atoms with Crippen LogP contribution in [-0.2, 0) is 14.3 Å². The largest absolute Gasteiger partial charge is 0.463 e. The third-order valence-electron chi connectivity index (χ3n) is 5.06. The highest BCUT2D eigenvalue weighted by Gasteiger charge is 2.51. The number of aliphatic hydroxyl groups is 1. The molecule has 0 unspecified atom stereocenters. The maximum atomic E-state index is 12.4. The van der Waals surface area contributed by atoms with Crippen molar-refractivity contribution in [3.63, 3.8) is 0 Å². The molecule has 1 aliphatic rings. The molecule has 0 heterocycles. The Morgan fingerprint density at radius 2 is 1.81 bits per heavy atom. The molecule has 0 aromatic carbocycles. The molecular formula is C18H35ClN4O4. The molecular weight excluding hydrogens is 372 g/mol. The van der Waals surface area contributed by atoms with Gasteiger partial charge in [-0.15, -0.1) is 12.4 Å². The van der Waals surface area contributed by atoms with E-state index in [-0.39, 0.29) is 48.8 Å². The first kappa shape index (κ1) is 25.5. The average Bonchev–Trinajstić information content (AvgIpc) is 2.82. The van der Waals surface area contributed by atoms with Gasteiger partial charge in [0.2, 0.25) is 5.91 Å². The van der Waals surface area contributed by atoms with Crippen molar-refractivity contribution in [2.75, 3.05) is 0 Å². The van der Waals surface area contributed by atoms with Crippen LogP contribution in [0.15, 0.2) is 4.99 Å². The molecule has 27 heavy (non-hydrogen) atoms. The molecule has 0 radical (unpaired) electrons. The number of aliphatic imine (C=N–C) groups is 1. The van der Waals surface area contributed by atoms with Gasteiger partial charge >= 0.3 is 5.97 Å². The van der Waals surface area contributed by atoms with Crippen molar-refractivity contribution < 1.29 is 19.4 Å². The minimum Gasteiger partial charge on any atom is -0.463 e. The SMILES string of the molecule is CCC(CC)[C@H](NC(C)=O)[C@@H]1[C@H](O)[C@@H](C(=O)OC(C)C)C[C@H]1N=C(N)N.Cl. The first-order valence-corrected chi connectivity index (χ1v) is 9.36. The van der Waals surface area contributed by atoms with Crippen LogP contribution in [0.5, 0.6) is 0 Å². The van der Waals surface area contributed by atoms with Crippen LogP contribution < -0.4 is 16.8 Å². The summed E-state index contributed by atoms with van der Waals surface area (Å²) < 4.78 is 5.28. The lowest BCUT2D eigenvalue weighted by Gasteiger charge is -2.35. The van der Waals surface area contributed by atoms with Crippen molar-refractivity contribution >= 4 is 30.2 Å². The van der Waals surface area contributed by atoms with Crippen molar-refractivity contribution in [1.82, 2.24) is 5.32 Å². The molecule has 1 aliphatic carbocycles. The molecule has 6 N–H and O–H groups in total. The van der Waals surface area contributed by atoms with E-state index in [4.69, 9.17) is 16.2 Å². The van der Waals surface area contributed by atoms with E-state index in [1.54, 1.807) is 13.8 Å². The lowest BCUT2D eigenvalue weighted by molar-refractivity contribution is -0.156. The van der Waals surface area contributed by atoms with Crippen LogP contribution in [0.4, 0.5) is 0 Å². The standard InChI is InChI=1S/C18H34N4O4.ClH/c1-6-11(7-2)15(21-10(5)23)14-13(22-18(19)20)8-12(16(14)24)17(25)26-9(3)4;/h9,11-16,24H,6-8H2,1-5H3,(H,21,23)(H4,19,20,22);1H/t12-,13+,14+,15-,16+;/m0./s1. The molecule has 1 saturated carbocycles. The van der Waals surface area contributed by atoms with Crippen LogP contribution in [-0.4, -0.2) is 47.2 Å². The number of nitrogens with zero attached hydrogens (tertiary/aromatic N) is 1. The molecule has 0 saturated heterocycles. The molecule has 0 aliphatic heterocycles. The topological polar surface area (TPSA) is 140 Å². The third kappa shape index (κ3) is 6.84. The highest BCUT2D eigenvalue weighted by atomic mass is 35.5. The van der Waals surface area contributed by atoms with Crippen LogP contribution in [0.25, 0.3) is 0 Å². The number of nitrogens with two attached hydrogens (primary N) is 2. The third-order valence-corrected chi connectivity index (χ3v) is 5.06. The Labute approximate surface area is 167 Å². The summed E-state index contributed by atoms with van der Waals surface area (Å²) in [5.41, 5.74) is 11.1. The first-order valence-electron chi connectivity index (χ1n) is 9.36. The normalized spacial score (nSPS) is 25.6. The molecule has 1 fully saturated rings. The quantitative estimate of drug-likeness (QED) is 0.268. The Kier molecular flexibility index (Phi) is 10.7. The molecule has 5 atom stereocenters. The molecule has 1 rings (SSSR count). The van der Waals surface area contributed by atoms with Crippen LogP contribution in [0, 0.1) is 17.8 Å². The second-order valence-corrected chi connectivity index (χ2v) is 7.32. The van der Waals surface area contributed by atoms with E-state index in [1.165, 1.54) is 6.92 Å². The number of carbonyl (C=O) groups excluding carboxylic acids is 2. The number of nitrogens with one attached hydrogen (secondary N) is 1. The van der Waals surface area contributed by atoms with E-state index < -0.39 is 30.0 Å². The molecule has 0 aromatic rings. The fourth-order valence-corrected chi connectivity index (χ4v) is 3.95. The van der Waals surface area contributed by atoms with E-state index in [1.807, 2.05) is 13.8 Å². The number of halogens is 1. The average molecular weight is 407 g/mol. The van der Waals surface area contributed by atoms with Crippen molar-refractivity contribution in [2.24, 2.45) is 34.2 Å². The predicted molar refractivity (Wildman–Crippen MR) is 107 cm³/mol. The minimum absolute atomic E-state index is 0. The second kappa shape index (κ2) is 11.3. The van der Waals surface area contributed by atoms with Gasteiger partial charge in [-0.25, -0.2) is 4.99 Å². The van der Waals surface area contributed by atoms with Gasteiger partial charge in [0, 0.05) is 18.9 Å². The Balaban J connectivity index is 0.00000676. The summed E-state index contributed by atoms with van der Waals surface area (Å²) in [6, 6.07) is -0.792. The van der Waals surface area contributed by atoms with E-state index in [0.29, 0.717) is 0 Å². The van der Waals surface area contributed by atoms with Crippen molar-refractivity contribution in [3.05, 3.63) is 0 Å². The maximum absolute atomic E-state index is 12.4. The maximum Gasteiger partial charge on any atom is 0.311 e. The van der Waals surface area contributed by atoms with Crippen LogP contribution >= 0.6 is 12.4 Å². The number of hydrogen-bond donors (Lipinski definition) is 4. The fourth-order valence-electron chi connectivity index (χ4n) is 3.95. The van der Waals surface area contributed by atoms with Crippen molar-refractivity contribution in [3.8, 4) is 0 Å². The van der Waals surface area contributed by atoms with Crippen molar-refractivity contribution in [1.29, 1.82) is 0 Å². The first-order chi connectivity index (χ1) is 12.1. The van der Waals surface area contributed by atoms with E-state index in [0.717, 1.165) is 12.8 Å². The van der Waals surface area contributed by atoms with Gasteiger partial charge in [-0.05, 0) is 26.2 Å². The van der Waals surface area contributed by atoms with E-state index >= 15 is 0 Å². The molecule has 0 bridgehead atoms. The number of amides is 1. The van der Waals surface area contributed by atoms with E-state index in [9.17, 15) is 14.7 Å². The minimum atomic E-state index is -0.994. The molecule has 158 valence electrons. The van der Waals surface area contributed by atoms with Crippen molar-refractivity contribution in [2.45, 2.75) is 78.2 Å². The number of hydrogen-bond acceptors (Lipinski definition) is 5. The fraction of sp³-hybridized carbons (Fsp3) is 0.833. The summed E-state index contributed by atoms with van der Waals surface area (Å²) in [4.78, 5) is 28.4. The van der Waals surface area contributed by atoms with Gasteiger partial charge in [-0.2, -0.15) is 0 Å². The van der Waals surface area contributed by atoms with Gasteiger partial charge < -0.3 is 26.6 Å². The van der Waals surface area contributed by atoms with Crippen LogP contribution in [0.1, 0.15) is 53.9 Å². The van der Waals surface area contributed by atoms with Gasteiger partial charge in [-0.1, -0.05) is 26.7 Å². The van der Waals surface area contributed by atoms with Crippen LogP contribution in [0.3, 0.4) is 0 Å². The summed E-state index contributed by atoms with van der Waals surface area (Å²) in [5, 5.41) is 13.9.